The lowest BCUT2D eigenvalue weighted by atomic mass is 10.1. The van der Waals surface area contributed by atoms with Crippen LogP contribution in [0.15, 0.2) is 18.2 Å². The summed E-state index contributed by atoms with van der Waals surface area (Å²) in [6.07, 6.45) is 4.64. The summed E-state index contributed by atoms with van der Waals surface area (Å²) in [6.45, 7) is 2.80. The Balaban J connectivity index is 1.26. The van der Waals surface area contributed by atoms with Crippen LogP contribution in [0.5, 0.6) is 0 Å². The van der Waals surface area contributed by atoms with Crippen molar-refractivity contribution in [1.82, 2.24) is 20.1 Å². The number of hydrogen-bond donors (Lipinski definition) is 1. The van der Waals surface area contributed by atoms with E-state index in [1.54, 1.807) is 12.1 Å². The molecule has 148 valence electrons. The van der Waals surface area contributed by atoms with Crippen molar-refractivity contribution >= 4 is 11.6 Å². The third-order valence-corrected chi connectivity index (χ3v) is 5.62. The Labute approximate surface area is 162 Å². The van der Waals surface area contributed by atoms with E-state index in [9.17, 15) is 9.18 Å². The molecule has 28 heavy (non-hydrogen) atoms. The van der Waals surface area contributed by atoms with E-state index in [0.717, 1.165) is 24.5 Å². The van der Waals surface area contributed by atoms with Gasteiger partial charge in [-0.2, -0.15) is 0 Å². The molecule has 7 nitrogen and oxygen atoms in total. The van der Waals surface area contributed by atoms with Crippen molar-refractivity contribution in [2.45, 2.75) is 44.2 Å². The van der Waals surface area contributed by atoms with E-state index in [0.29, 0.717) is 56.1 Å². The Morgan fingerprint density at radius 2 is 1.96 bits per heavy atom. The standard InChI is InChI=1S/C20H24FN5O2/c21-16-11-14(3-6-17(16)25-7-9-28-10-8-25)20(27)22-12-18-23-24-19(13-1-2-13)26(18)15-4-5-15/h3,6,11,13,15H,1-2,4-5,7-10,12H2,(H,22,27). The number of carbonyl (C=O) groups excluding carboxylic acids is 1. The molecule has 2 aliphatic carbocycles. The minimum atomic E-state index is -0.383. The van der Waals surface area contributed by atoms with Crippen LogP contribution in [-0.2, 0) is 11.3 Å². The largest absolute Gasteiger partial charge is 0.378 e. The van der Waals surface area contributed by atoms with Crippen LogP contribution in [0.2, 0.25) is 0 Å². The molecule has 2 saturated carbocycles. The van der Waals surface area contributed by atoms with Gasteiger partial charge in [0.2, 0.25) is 0 Å². The Morgan fingerprint density at radius 3 is 2.64 bits per heavy atom. The molecule has 1 aromatic carbocycles. The minimum Gasteiger partial charge on any atom is -0.378 e. The maximum atomic E-state index is 14.5. The fourth-order valence-corrected chi connectivity index (χ4v) is 3.78. The Bertz CT molecular complexity index is 885. The normalized spacial score (nSPS) is 19.7. The van der Waals surface area contributed by atoms with Gasteiger partial charge < -0.3 is 19.5 Å². The van der Waals surface area contributed by atoms with Gasteiger partial charge in [-0.25, -0.2) is 4.39 Å². The van der Waals surface area contributed by atoms with Crippen LogP contribution in [0.1, 0.15) is 59.6 Å². The second-order valence-corrected chi connectivity index (χ2v) is 7.80. The number of halogens is 1. The van der Waals surface area contributed by atoms with E-state index in [1.807, 2.05) is 4.90 Å². The van der Waals surface area contributed by atoms with Gasteiger partial charge in [0.05, 0.1) is 25.4 Å². The maximum absolute atomic E-state index is 14.5. The van der Waals surface area contributed by atoms with Crippen molar-refractivity contribution < 1.29 is 13.9 Å². The Morgan fingerprint density at radius 1 is 1.18 bits per heavy atom. The summed E-state index contributed by atoms with van der Waals surface area (Å²) in [5.41, 5.74) is 0.830. The van der Waals surface area contributed by atoms with Crippen molar-refractivity contribution in [1.29, 1.82) is 0 Å². The number of nitrogens with zero attached hydrogens (tertiary/aromatic N) is 4. The molecule has 1 aliphatic heterocycles. The number of amides is 1. The molecule has 0 bridgehead atoms. The predicted octanol–water partition coefficient (Wildman–Crippen LogP) is 2.40. The first-order valence-corrected chi connectivity index (χ1v) is 10.0. The summed E-state index contributed by atoms with van der Waals surface area (Å²) in [7, 11) is 0. The van der Waals surface area contributed by atoms with E-state index < -0.39 is 0 Å². The van der Waals surface area contributed by atoms with Crippen molar-refractivity contribution in [3.05, 3.63) is 41.2 Å². The molecule has 0 spiro atoms. The van der Waals surface area contributed by atoms with E-state index in [-0.39, 0.29) is 11.7 Å². The molecular formula is C20H24FN5O2. The number of ether oxygens (including phenoxy) is 1. The highest BCUT2D eigenvalue weighted by Crippen LogP contribution is 2.44. The lowest BCUT2D eigenvalue weighted by molar-refractivity contribution is 0.0948. The van der Waals surface area contributed by atoms with Gasteiger partial charge in [-0.1, -0.05) is 0 Å². The molecular weight excluding hydrogens is 361 g/mol. The highest BCUT2D eigenvalue weighted by Gasteiger charge is 2.36. The third-order valence-electron chi connectivity index (χ3n) is 5.62. The molecule has 1 N–H and O–H groups in total. The van der Waals surface area contributed by atoms with Gasteiger partial charge in [-0.05, 0) is 43.9 Å². The Kier molecular flexibility index (Phi) is 4.50. The molecule has 2 aromatic rings. The molecule has 1 amide bonds. The van der Waals surface area contributed by atoms with Gasteiger partial charge in [-0.3, -0.25) is 4.79 Å². The first-order valence-electron chi connectivity index (χ1n) is 10.0. The van der Waals surface area contributed by atoms with Gasteiger partial charge in [0.15, 0.2) is 5.82 Å². The van der Waals surface area contributed by atoms with Gasteiger partial charge >= 0.3 is 0 Å². The molecule has 0 radical (unpaired) electrons. The van der Waals surface area contributed by atoms with Crippen LogP contribution in [0, 0.1) is 5.82 Å². The third kappa shape index (κ3) is 3.48. The zero-order valence-corrected chi connectivity index (χ0v) is 15.7. The van der Waals surface area contributed by atoms with Crippen LogP contribution in [0.3, 0.4) is 0 Å². The van der Waals surface area contributed by atoms with Crippen LogP contribution in [0.25, 0.3) is 0 Å². The summed E-state index contributed by atoms with van der Waals surface area (Å²) in [6, 6.07) is 5.13. The average Bonchev–Trinajstić information content (AvgIpc) is 3.65. The molecule has 8 heteroatoms. The molecule has 5 rings (SSSR count). The molecule has 1 aromatic heterocycles. The fraction of sp³-hybridized carbons (Fsp3) is 0.550. The number of anilines is 1. The zero-order chi connectivity index (χ0) is 19.1. The number of aromatic nitrogens is 3. The molecule has 3 aliphatic rings. The molecule has 0 unspecified atom stereocenters. The van der Waals surface area contributed by atoms with Crippen LogP contribution in [-0.4, -0.2) is 47.0 Å². The quantitative estimate of drug-likeness (QED) is 0.827. The molecule has 2 heterocycles. The number of nitrogens with one attached hydrogen (secondary N) is 1. The molecule has 3 fully saturated rings. The van der Waals surface area contributed by atoms with Crippen LogP contribution in [0.4, 0.5) is 10.1 Å². The van der Waals surface area contributed by atoms with Gasteiger partial charge in [0, 0.05) is 30.6 Å². The first kappa shape index (κ1) is 17.6. The lowest BCUT2D eigenvalue weighted by Crippen LogP contribution is -2.36. The minimum absolute atomic E-state index is 0.300. The van der Waals surface area contributed by atoms with Crippen molar-refractivity contribution in [2.75, 3.05) is 31.2 Å². The SMILES string of the molecule is O=C(NCc1nnc(C2CC2)n1C1CC1)c1ccc(N2CCOCC2)c(F)c1. The maximum Gasteiger partial charge on any atom is 0.251 e. The van der Waals surface area contributed by atoms with Gasteiger partial charge in [-0.15, -0.1) is 10.2 Å². The van der Waals surface area contributed by atoms with Crippen molar-refractivity contribution in [2.24, 2.45) is 0 Å². The van der Waals surface area contributed by atoms with Crippen molar-refractivity contribution in [3.63, 3.8) is 0 Å². The number of morpholine rings is 1. The number of benzene rings is 1. The summed E-state index contributed by atoms with van der Waals surface area (Å²) < 4.78 is 22.1. The van der Waals surface area contributed by atoms with E-state index >= 15 is 0 Å². The fourth-order valence-electron chi connectivity index (χ4n) is 3.78. The summed E-state index contributed by atoms with van der Waals surface area (Å²) >= 11 is 0. The highest BCUT2D eigenvalue weighted by atomic mass is 19.1. The van der Waals surface area contributed by atoms with E-state index in [4.69, 9.17) is 4.74 Å². The van der Waals surface area contributed by atoms with E-state index in [1.165, 1.54) is 18.9 Å². The first-order chi connectivity index (χ1) is 13.7. The predicted molar refractivity (Wildman–Crippen MR) is 101 cm³/mol. The summed E-state index contributed by atoms with van der Waals surface area (Å²) in [5.74, 6) is 1.70. The zero-order valence-electron chi connectivity index (χ0n) is 15.7. The molecule has 0 atom stereocenters. The number of hydrogen-bond acceptors (Lipinski definition) is 5. The average molecular weight is 385 g/mol. The summed E-state index contributed by atoms with van der Waals surface area (Å²) in [5, 5.41) is 11.5. The monoisotopic (exact) mass is 385 g/mol. The molecule has 1 saturated heterocycles. The number of carbonyl (C=O) groups is 1. The topological polar surface area (TPSA) is 72.3 Å². The van der Waals surface area contributed by atoms with Gasteiger partial charge in [0.1, 0.15) is 11.6 Å². The second kappa shape index (κ2) is 7.16. The Hall–Kier alpha value is -2.48. The smallest absolute Gasteiger partial charge is 0.251 e. The van der Waals surface area contributed by atoms with Gasteiger partial charge in [0.25, 0.3) is 5.91 Å². The van der Waals surface area contributed by atoms with E-state index in [2.05, 4.69) is 20.1 Å². The lowest BCUT2D eigenvalue weighted by Gasteiger charge is -2.29. The second-order valence-electron chi connectivity index (χ2n) is 7.80. The van der Waals surface area contributed by atoms with Crippen LogP contribution >= 0.6 is 0 Å². The van der Waals surface area contributed by atoms with Crippen LogP contribution < -0.4 is 10.2 Å². The summed E-state index contributed by atoms with van der Waals surface area (Å²) in [4.78, 5) is 14.5. The number of rotatable bonds is 6. The van der Waals surface area contributed by atoms with Crippen molar-refractivity contribution in [3.8, 4) is 0 Å². The highest BCUT2D eigenvalue weighted by molar-refractivity contribution is 5.94.